The molecular weight excluding hydrogens is 735 g/mol. The van der Waals surface area contributed by atoms with Gasteiger partial charge in [0.15, 0.2) is 19.7 Å². The Hall–Kier alpha value is -7.67. The summed E-state index contributed by atoms with van der Waals surface area (Å²) in [6.45, 7) is 0. The third-order valence-corrected chi connectivity index (χ3v) is 16.3. The molecule has 0 bridgehead atoms. The summed E-state index contributed by atoms with van der Waals surface area (Å²) in [4.78, 5) is 10.1. The second-order valence-electron chi connectivity index (χ2n) is 14.9. The zero-order valence-electron chi connectivity index (χ0n) is 32.1. The lowest BCUT2D eigenvalue weighted by atomic mass is 10.1. The molecule has 11 aromatic rings. The smallest absolute Gasteiger partial charge is 0.179 e. The van der Waals surface area contributed by atoms with E-state index in [1.165, 1.54) is 31.5 Å². The Balaban J connectivity index is 1.11. The fourth-order valence-electron chi connectivity index (χ4n) is 8.89. The molecular formula is C53H37N5Si. The van der Waals surface area contributed by atoms with Crippen LogP contribution in [0.1, 0.15) is 0 Å². The molecule has 0 spiro atoms. The van der Waals surface area contributed by atoms with Crippen molar-refractivity contribution in [3.05, 3.63) is 225 Å². The lowest BCUT2D eigenvalue weighted by Gasteiger charge is -2.34. The predicted octanol–water partition coefficient (Wildman–Crippen LogP) is 9.62. The molecule has 0 atom stereocenters. The minimum Gasteiger partial charge on any atom is -0.309 e. The van der Waals surface area contributed by atoms with Crippen molar-refractivity contribution in [2.75, 3.05) is 0 Å². The summed E-state index contributed by atoms with van der Waals surface area (Å²) in [5, 5.41) is 14.0. The van der Waals surface area contributed by atoms with Gasteiger partial charge in [0.25, 0.3) is 0 Å². The van der Waals surface area contributed by atoms with Gasteiger partial charge in [-0.15, -0.1) is 0 Å². The first-order chi connectivity index (χ1) is 29.3. The first kappa shape index (κ1) is 34.6. The molecule has 5 nitrogen and oxygen atoms in total. The number of aromatic nitrogens is 5. The molecule has 0 aliphatic carbocycles. The molecule has 3 heterocycles. The molecule has 0 N–H and O–H groups in total. The van der Waals surface area contributed by atoms with E-state index in [1.807, 2.05) is 59.3 Å². The Kier molecular flexibility index (Phi) is 8.42. The van der Waals surface area contributed by atoms with Crippen molar-refractivity contribution in [1.82, 2.24) is 24.3 Å². The first-order valence-corrected chi connectivity index (χ1v) is 21.9. The van der Waals surface area contributed by atoms with Gasteiger partial charge in [0.05, 0.1) is 22.2 Å². The van der Waals surface area contributed by atoms with Crippen molar-refractivity contribution in [3.8, 4) is 34.2 Å². The molecule has 59 heavy (non-hydrogen) atoms. The summed E-state index contributed by atoms with van der Waals surface area (Å²) >= 11 is 0. The SMILES string of the molecule is c1ccc(-c2cc(-n3cc4c(ccc5c6ccccc6n(-c6ccc([Si](c7ccccc7)(c7ccccc7)c7ccccc7)cc6)c45)n3)nc(-c3ccccc3)n2)cc1. The van der Waals surface area contributed by atoms with E-state index in [2.05, 4.69) is 175 Å². The van der Waals surface area contributed by atoms with Gasteiger partial charge in [-0.05, 0) is 51.1 Å². The maximum Gasteiger partial charge on any atom is 0.179 e. The third-order valence-electron chi connectivity index (χ3n) is 11.5. The molecule has 0 saturated carbocycles. The molecule has 0 unspecified atom stereocenters. The van der Waals surface area contributed by atoms with Gasteiger partial charge >= 0.3 is 0 Å². The van der Waals surface area contributed by atoms with Crippen LogP contribution in [0.3, 0.4) is 0 Å². The summed E-state index contributed by atoms with van der Waals surface area (Å²) < 4.78 is 4.32. The summed E-state index contributed by atoms with van der Waals surface area (Å²) in [5.74, 6) is 1.36. The van der Waals surface area contributed by atoms with Crippen LogP contribution < -0.4 is 20.7 Å². The fourth-order valence-corrected chi connectivity index (χ4v) is 13.6. The lowest BCUT2D eigenvalue weighted by Crippen LogP contribution is -2.74. The quantitative estimate of drug-likeness (QED) is 0.114. The van der Waals surface area contributed by atoms with Crippen LogP contribution in [0.25, 0.3) is 66.9 Å². The minimum absolute atomic E-state index is 0.655. The van der Waals surface area contributed by atoms with Crippen LogP contribution in [0, 0.1) is 0 Å². The maximum atomic E-state index is 5.17. The summed E-state index contributed by atoms with van der Waals surface area (Å²) in [6.07, 6.45) is 2.13. The second kappa shape index (κ2) is 14.4. The molecule has 0 radical (unpaired) electrons. The van der Waals surface area contributed by atoms with E-state index in [0.717, 1.165) is 44.4 Å². The molecule has 0 saturated heterocycles. The number of rotatable bonds is 8. The summed E-state index contributed by atoms with van der Waals surface area (Å²) in [7, 11) is -2.69. The molecule has 3 aromatic heterocycles. The van der Waals surface area contributed by atoms with Crippen molar-refractivity contribution in [2.24, 2.45) is 0 Å². The number of nitrogens with zero attached hydrogens (tertiary/aromatic N) is 5. The Labute approximate surface area is 343 Å². The highest BCUT2D eigenvalue weighted by Crippen LogP contribution is 2.37. The van der Waals surface area contributed by atoms with E-state index in [4.69, 9.17) is 15.1 Å². The number of hydrogen-bond acceptors (Lipinski definition) is 3. The fraction of sp³-hybridized carbons (Fsp3) is 0. The van der Waals surface area contributed by atoms with Crippen LogP contribution in [0.15, 0.2) is 225 Å². The van der Waals surface area contributed by atoms with Gasteiger partial charge in [-0.3, -0.25) is 0 Å². The number of fused-ring (bicyclic) bond motifs is 5. The molecule has 0 amide bonds. The van der Waals surface area contributed by atoms with Crippen molar-refractivity contribution < 1.29 is 0 Å². The number of benzene rings is 8. The van der Waals surface area contributed by atoms with Crippen LogP contribution >= 0.6 is 0 Å². The van der Waals surface area contributed by atoms with E-state index in [0.29, 0.717) is 11.6 Å². The molecule has 0 fully saturated rings. The molecule has 11 rings (SSSR count). The average molecular weight is 772 g/mol. The van der Waals surface area contributed by atoms with Crippen LogP contribution in [0.2, 0.25) is 0 Å². The van der Waals surface area contributed by atoms with Gasteiger partial charge in [0.1, 0.15) is 0 Å². The van der Waals surface area contributed by atoms with Gasteiger partial charge in [-0.25, -0.2) is 14.6 Å². The maximum absolute atomic E-state index is 5.17. The first-order valence-electron chi connectivity index (χ1n) is 19.9. The zero-order chi connectivity index (χ0) is 39.2. The molecule has 0 aliphatic rings. The van der Waals surface area contributed by atoms with E-state index in [9.17, 15) is 0 Å². The molecule has 6 heteroatoms. The van der Waals surface area contributed by atoms with Crippen molar-refractivity contribution in [3.63, 3.8) is 0 Å². The van der Waals surface area contributed by atoms with Crippen molar-refractivity contribution >= 4 is 61.5 Å². The topological polar surface area (TPSA) is 48.5 Å². The lowest BCUT2D eigenvalue weighted by molar-refractivity contribution is 0.855. The van der Waals surface area contributed by atoms with Gasteiger partial charge in [-0.1, -0.05) is 182 Å². The number of para-hydroxylation sites is 1. The van der Waals surface area contributed by atoms with Crippen molar-refractivity contribution in [2.45, 2.75) is 0 Å². The van der Waals surface area contributed by atoms with E-state index in [-0.39, 0.29) is 0 Å². The number of hydrogen-bond donors (Lipinski definition) is 0. The van der Waals surface area contributed by atoms with Crippen LogP contribution in [-0.2, 0) is 0 Å². The van der Waals surface area contributed by atoms with Crippen LogP contribution in [0.5, 0.6) is 0 Å². The summed E-state index contributed by atoms with van der Waals surface area (Å²) in [6, 6.07) is 78.1. The predicted molar refractivity (Wildman–Crippen MR) is 245 cm³/mol. The standard InChI is InChI=1S/C53H37N5Si/c1-6-18-38(19-7-1)49-36-51(55-53(54-49)39-20-8-2-9-21-39)57-37-47-48(56-57)35-34-46-45-28-16-17-29-50(45)58(52(46)47)40-30-32-44(33-31-40)59(41-22-10-3-11-23-41,42-24-12-4-13-25-42)43-26-14-5-15-27-43/h1-37H. The van der Waals surface area contributed by atoms with E-state index >= 15 is 0 Å². The Morgan fingerprint density at radius 3 is 1.54 bits per heavy atom. The molecule has 0 aliphatic heterocycles. The zero-order valence-corrected chi connectivity index (χ0v) is 33.1. The third kappa shape index (κ3) is 5.80. The average Bonchev–Trinajstić information content (AvgIpc) is 3.91. The van der Waals surface area contributed by atoms with E-state index < -0.39 is 8.07 Å². The van der Waals surface area contributed by atoms with Gasteiger partial charge < -0.3 is 4.57 Å². The molecule has 8 aromatic carbocycles. The van der Waals surface area contributed by atoms with Gasteiger partial charge in [-0.2, -0.15) is 5.10 Å². The largest absolute Gasteiger partial charge is 0.309 e. The summed E-state index contributed by atoms with van der Waals surface area (Å²) in [5.41, 5.74) is 7.06. The highest BCUT2D eigenvalue weighted by molar-refractivity contribution is 7.19. The van der Waals surface area contributed by atoms with Gasteiger partial charge in [0.2, 0.25) is 0 Å². The Morgan fingerprint density at radius 2 is 0.932 bits per heavy atom. The normalized spacial score (nSPS) is 11.7. The second-order valence-corrected chi connectivity index (χ2v) is 18.7. The Bertz CT molecular complexity index is 3080. The van der Waals surface area contributed by atoms with Gasteiger partial charge in [0, 0.05) is 45.2 Å². The monoisotopic (exact) mass is 771 g/mol. The van der Waals surface area contributed by atoms with Crippen LogP contribution in [0.4, 0.5) is 0 Å². The van der Waals surface area contributed by atoms with E-state index in [1.54, 1.807) is 0 Å². The molecule has 278 valence electrons. The minimum atomic E-state index is -2.69. The highest BCUT2D eigenvalue weighted by atomic mass is 28.3. The highest BCUT2D eigenvalue weighted by Gasteiger charge is 2.41. The Morgan fingerprint density at radius 1 is 0.407 bits per heavy atom. The van der Waals surface area contributed by atoms with Crippen LogP contribution in [-0.4, -0.2) is 32.4 Å². The van der Waals surface area contributed by atoms with Crippen molar-refractivity contribution in [1.29, 1.82) is 0 Å².